The summed E-state index contributed by atoms with van der Waals surface area (Å²) in [4.78, 5) is 2.45. The molecule has 14 heavy (non-hydrogen) atoms. The molecule has 1 aliphatic rings. The van der Waals surface area contributed by atoms with Gasteiger partial charge < -0.3 is 10.6 Å². The van der Waals surface area contributed by atoms with Gasteiger partial charge in [0, 0.05) is 18.8 Å². The maximum Gasteiger partial charge on any atom is 0.0396 e. The predicted molar refractivity (Wildman–Crippen MR) is 60.6 cm³/mol. The second-order valence-electron chi connectivity index (χ2n) is 4.12. The maximum absolute atomic E-state index is 5.69. The van der Waals surface area contributed by atoms with Gasteiger partial charge in [-0.2, -0.15) is 0 Å². The topological polar surface area (TPSA) is 29.3 Å². The summed E-state index contributed by atoms with van der Waals surface area (Å²) >= 11 is 0. The highest BCUT2D eigenvalue weighted by Crippen LogP contribution is 2.25. The molecule has 0 amide bonds. The first-order chi connectivity index (χ1) is 6.81. The van der Waals surface area contributed by atoms with Gasteiger partial charge >= 0.3 is 0 Å². The SMILES string of the molecule is Cc1ccccc1N1CCC(CN)C1. The molecule has 0 radical (unpaired) electrons. The Morgan fingerprint density at radius 1 is 1.43 bits per heavy atom. The molecule has 76 valence electrons. The highest BCUT2D eigenvalue weighted by Gasteiger charge is 2.21. The van der Waals surface area contributed by atoms with Crippen molar-refractivity contribution in [2.45, 2.75) is 13.3 Å². The molecular weight excluding hydrogens is 172 g/mol. The lowest BCUT2D eigenvalue weighted by Gasteiger charge is -2.20. The third kappa shape index (κ3) is 1.75. The smallest absolute Gasteiger partial charge is 0.0396 e. The Kier molecular flexibility index (Phi) is 2.73. The van der Waals surface area contributed by atoms with Gasteiger partial charge in [-0.25, -0.2) is 0 Å². The van der Waals surface area contributed by atoms with E-state index in [4.69, 9.17) is 5.73 Å². The van der Waals surface area contributed by atoms with Gasteiger partial charge in [-0.15, -0.1) is 0 Å². The van der Waals surface area contributed by atoms with Gasteiger partial charge in [-0.1, -0.05) is 18.2 Å². The maximum atomic E-state index is 5.69. The molecule has 2 N–H and O–H groups in total. The lowest BCUT2D eigenvalue weighted by molar-refractivity contribution is 0.602. The Morgan fingerprint density at radius 2 is 2.21 bits per heavy atom. The number of para-hydroxylation sites is 1. The number of hydrogen-bond donors (Lipinski definition) is 1. The van der Waals surface area contributed by atoms with Crippen molar-refractivity contribution in [2.75, 3.05) is 24.5 Å². The zero-order valence-corrected chi connectivity index (χ0v) is 8.74. The number of anilines is 1. The standard InChI is InChI=1S/C12H18N2/c1-10-4-2-3-5-12(10)14-7-6-11(8-13)9-14/h2-5,11H,6-9,13H2,1H3. The predicted octanol–water partition coefficient (Wildman–Crippen LogP) is 1.78. The van der Waals surface area contributed by atoms with Crippen LogP contribution in [-0.2, 0) is 0 Å². The van der Waals surface area contributed by atoms with Gasteiger partial charge in [-0.3, -0.25) is 0 Å². The number of rotatable bonds is 2. The Balaban J connectivity index is 2.13. The summed E-state index contributed by atoms with van der Waals surface area (Å²) in [5.74, 6) is 0.689. The molecule has 1 aromatic rings. The largest absolute Gasteiger partial charge is 0.371 e. The summed E-state index contributed by atoms with van der Waals surface area (Å²) < 4.78 is 0. The van der Waals surface area contributed by atoms with E-state index in [0.717, 1.165) is 19.6 Å². The molecule has 0 saturated carbocycles. The Labute approximate surface area is 85.7 Å². The molecule has 1 heterocycles. The van der Waals surface area contributed by atoms with Crippen molar-refractivity contribution in [2.24, 2.45) is 11.7 Å². The summed E-state index contributed by atoms with van der Waals surface area (Å²) in [5, 5.41) is 0. The number of hydrogen-bond acceptors (Lipinski definition) is 2. The monoisotopic (exact) mass is 190 g/mol. The molecule has 2 heteroatoms. The molecule has 0 spiro atoms. The Hall–Kier alpha value is -1.02. The van der Waals surface area contributed by atoms with Crippen LogP contribution in [0.4, 0.5) is 5.69 Å². The van der Waals surface area contributed by atoms with Crippen molar-refractivity contribution < 1.29 is 0 Å². The van der Waals surface area contributed by atoms with Gasteiger partial charge in [0.2, 0.25) is 0 Å². The molecule has 1 aromatic carbocycles. The van der Waals surface area contributed by atoms with Crippen LogP contribution < -0.4 is 10.6 Å². The second kappa shape index (κ2) is 4.01. The van der Waals surface area contributed by atoms with E-state index in [1.807, 2.05) is 0 Å². The average Bonchev–Trinajstić information content (AvgIpc) is 2.67. The molecule has 0 aromatic heterocycles. The second-order valence-corrected chi connectivity index (χ2v) is 4.12. The molecule has 2 rings (SSSR count). The van der Waals surface area contributed by atoms with E-state index in [1.54, 1.807) is 0 Å². The third-order valence-corrected chi connectivity index (χ3v) is 3.08. The number of nitrogens with zero attached hydrogens (tertiary/aromatic N) is 1. The fourth-order valence-corrected chi connectivity index (χ4v) is 2.16. The number of nitrogens with two attached hydrogens (primary N) is 1. The van der Waals surface area contributed by atoms with E-state index in [0.29, 0.717) is 5.92 Å². The van der Waals surface area contributed by atoms with Crippen LogP contribution >= 0.6 is 0 Å². The summed E-state index contributed by atoms with van der Waals surface area (Å²) in [5.41, 5.74) is 8.43. The lowest BCUT2D eigenvalue weighted by Crippen LogP contribution is -2.23. The molecule has 1 fully saturated rings. The molecular formula is C12H18N2. The zero-order chi connectivity index (χ0) is 9.97. The number of aryl methyl sites for hydroxylation is 1. The van der Waals surface area contributed by atoms with Crippen molar-refractivity contribution >= 4 is 5.69 Å². The first-order valence-corrected chi connectivity index (χ1v) is 5.32. The minimum Gasteiger partial charge on any atom is -0.371 e. The minimum absolute atomic E-state index is 0.689. The van der Waals surface area contributed by atoms with E-state index in [1.165, 1.54) is 17.7 Å². The first kappa shape index (κ1) is 9.53. The molecule has 2 nitrogen and oxygen atoms in total. The van der Waals surface area contributed by atoms with Crippen LogP contribution in [-0.4, -0.2) is 19.6 Å². The molecule has 1 unspecified atom stereocenters. The molecule has 0 bridgehead atoms. The van der Waals surface area contributed by atoms with E-state index >= 15 is 0 Å². The third-order valence-electron chi connectivity index (χ3n) is 3.08. The van der Waals surface area contributed by atoms with Crippen LogP contribution in [0.25, 0.3) is 0 Å². The van der Waals surface area contributed by atoms with Gasteiger partial charge in [0.1, 0.15) is 0 Å². The van der Waals surface area contributed by atoms with Crippen molar-refractivity contribution in [3.05, 3.63) is 29.8 Å². The minimum atomic E-state index is 0.689. The Morgan fingerprint density at radius 3 is 2.86 bits per heavy atom. The highest BCUT2D eigenvalue weighted by molar-refractivity contribution is 5.53. The van der Waals surface area contributed by atoms with Gasteiger partial charge in [0.05, 0.1) is 0 Å². The first-order valence-electron chi connectivity index (χ1n) is 5.32. The summed E-state index contributed by atoms with van der Waals surface area (Å²) in [6.07, 6.45) is 1.24. The van der Waals surface area contributed by atoms with E-state index in [9.17, 15) is 0 Å². The van der Waals surface area contributed by atoms with E-state index in [2.05, 4.69) is 36.1 Å². The molecule has 1 aliphatic heterocycles. The van der Waals surface area contributed by atoms with Crippen molar-refractivity contribution in [1.82, 2.24) is 0 Å². The fraction of sp³-hybridized carbons (Fsp3) is 0.500. The Bertz CT molecular complexity index is 309. The van der Waals surface area contributed by atoms with Crippen LogP contribution in [0.3, 0.4) is 0 Å². The quantitative estimate of drug-likeness (QED) is 0.770. The van der Waals surface area contributed by atoms with Gasteiger partial charge in [0.15, 0.2) is 0 Å². The van der Waals surface area contributed by atoms with Crippen LogP contribution in [0.1, 0.15) is 12.0 Å². The summed E-state index contributed by atoms with van der Waals surface area (Å²) in [6.45, 7) is 5.28. The van der Waals surface area contributed by atoms with Crippen LogP contribution in [0.2, 0.25) is 0 Å². The molecule has 0 aliphatic carbocycles. The molecule has 1 saturated heterocycles. The van der Waals surface area contributed by atoms with E-state index < -0.39 is 0 Å². The fourth-order valence-electron chi connectivity index (χ4n) is 2.16. The van der Waals surface area contributed by atoms with Crippen molar-refractivity contribution in [1.29, 1.82) is 0 Å². The van der Waals surface area contributed by atoms with Crippen molar-refractivity contribution in [3.8, 4) is 0 Å². The number of benzene rings is 1. The average molecular weight is 190 g/mol. The van der Waals surface area contributed by atoms with Crippen LogP contribution in [0.5, 0.6) is 0 Å². The van der Waals surface area contributed by atoms with E-state index in [-0.39, 0.29) is 0 Å². The lowest BCUT2D eigenvalue weighted by atomic mass is 10.1. The van der Waals surface area contributed by atoms with Gasteiger partial charge in [-0.05, 0) is 37.4 Å². The summed E-state index contributed by atoms with van der Waals surface area (Å²) in [6, 6.07) is 8.58. The van der Waals surface area contributed by atoms with Crippen LogP contribution in [0.15, 0.2) is 24.3 Å². The zero-order valence-electron chi connectivity index (χ0n) is 8.74. The van der Waals surface area contributed by atoms with Gasteiger partial charge in [0.25, 0.3) is 0 Å². The van der Waals surface area contributed by atoms with Crippen LogP contribution in [0, 0.1) is 12.8 Å². The summed E-state index contributed by atoms with van der Waals surface area (Å²) in [7, 11) is 0. The molecule has 1 atom stereocenters. The highest BCUT2D eigenvalue weighted by atomic mass is 15.2. The normalized spacial score (nSPS) is 21.6. The van der Waals surface area contributed by atoms with Crippen molar-refractivity contribution in [3.63, 3.8) is 0 Å².